The quantitative estimate of drug-likeness (QED) is 0.456. The zero-order valence-electron chi connectivity index (χ0n) is 9.89. The first-order valence-corrected chi connectivity index (χ1v) is 6.30. The zero-order chi connectivity index (χ0) is 14.9. The molecule has 0 atom stereocenters. The summed E-state index contributed by atoms with van der Waals surface area (Å²) in [7, 11) is 0. The Balaban J connectivity index is 2.33. The van der Waals surface area contributed by atoms with Crippen LogP contribution in [-0.2, 0) is 6.42 Å². The van der Waals surface area contributed by atoms with Crippen LogP contribution in [-0.4, -0.2) is 5.78 Å². The van der Waals surface area contributed by atoms with E-state index in [-0.39, 0.29) is 15.6 Å². The Labute approximate surface area is 120 Å². The molecule has 6 heteroatoms. The Morgan fingerprint density at radius 2 is 1.65 bits per heavy atom. The molecule has 0 bridgehead atoms. The lowest BCUT2D eigenvalue weighted by molar-refractivity contribution is 0.0990. The summed E-state index contributed by atoms with van der Waals surface area (Å²) >= 11 is 2.77. The molecule has 0 unspecified atom stereocenters. The minimum atomic E-state index is -1.20. The molecule has 0 fully saturated rings. The topological polar surface area (TPSA) is 17.1 Å². The molecule has 1 nitrogen and oxygen atoms in total. The second-order valence-corrected chi connectivity index (χ2v) is 4.85. The van der Waals surface area contributed by atoms with Crippen LogP contribution in [0, 0.1) is 23.3 Å². The number of benzene rings is 2. The van der Waals surface area contributed by atoms with Crippen LogP contribution < -0.4 is 0 Å². The van der Waals surface area contributed by atoms with Crippen LogP contribution >= 0.6 is 15.9 Å². The minimum Gasteiger partial charge on any atom is -0.294 e. The highest BCUT2D eigenvalue weighted by Crippen LogP contribution is 2.24. The van der Waals surface area contributed by atoms with Gasteiger partial charge in [-0.25, -0.2) is 17.6 Å². The van der Waals surface area contributed by atoms with Gasteiger partial charge in [0, 0.05) is 12.0 Å². The molecule has 0 saturated carbocycles. The number of carbonyl (C=O) groups excluding carboxylic acids is 1. The standard InChI is InChI=1S/C14H7BrF4O/c15-13-9(2-4-11(18)14(13)19)12(20)6-7-5-8(16)1-3-10(7)17/h1-5H,6H2. The molecule has 0 aliphatic carbocycles. The molecular weight excluding hydrogens is 340 g/mol. The molecule has 2 aromatic carbocycles. The number of halogens is 5. The molecule has 0 aliphatic heterocycles. The summed E-state index contributed by atoms with van der Waals surface area (Å²) in [6, 6.07) is 4.60. The van der Waals surface area contributed by atoms with E-state index in [1.165, 1.54) is 0 Å². The van der Waals surface area contributed by atoms with Gasteiger partial charge in [-0.05, 0) is 51.8 Å². The van der Waals surface area contributed by atoms with Crippen molar-refractivity contribution in [1.82, 2.24) is 0 Å². The highest BCUT2D eigenvalue weighted by molar-refractivity contribution is 9.10. The van der Waals surface area contributed by atoms with Crippen LogP contribution in [0.25, 0.3) is 0 Å². The van der Waals surface area contributed by atoms with Gasteiger partial charge < -0.3 is 0 Å². The van der Waals surface area contributed by atoms with Gasteiger partial charge in [-0.3, -0.25) is 4.79 Å². The smallest absolute Gasteiger partial charge is 0.173 e. The SMILES string of the molecule is O=C(Cc1cc(F)ccc1F)c1ccc(F)c(F)c1Br. The first kappa shape index (κ1) is 14.7. The van der Waals surface area contributed by atoms with Gasteiger partial charge in [0.15, 0.2) is 17.4 Å². The fourth-order valence-electron chi connectivity index (χ4n) is 1.69. The van der Waals surface area contributed by atoms with Gasteiger partial charge in [0.25, 0.3) is 0 Å². The lowest BCUT2D eigenvalue weighted by atomic mass is 10.0. The molecule has 20 heavy (non-hydrogen) atoms. The minimum absolute atomic E-state index is 0.132. The maximum Gasteiger partial charge on any atom is 0.173 e. The summed E-state index contributed by atoms with van der Waals surface area (Å²) in [6.45, 7) is 0. The maximum atomic E-state index is 13.4. The average Bonchev–Trinajstić information content (AvgIpc) is 2.40. The van der Waals surface area contributed by atoms with Crippen LogP contribution in [0.1, 0.15) is 15.9 Å². The second kappa shape index (κ2) is 5.75. The van der Waals surface area contributed by atoms with Crippen molar-refractivity contribution in [3.63, 3.8) is 0 Å². The molecule has 0 aliphatic rings. The van der Waals surface area contributed by atoms with Crippen molar-refractivity contribution in [3.05, 3.63) is 69.2 Å². The molecule has 0 heterocycles. The van der Waals surface area contributed by atoms with E-state index >= 15 is 0 Å². The van der Waals surface area contributed by atoms with Crippen LogP contribution in [0.2, 0.25) is 0 Å². The predicted molar refractivity (Wildman–Crippen MR) is 68.5 cm³/mol. The van der Waals surface area contributed by atoms with E-state index in [0.29, 0.717) is 0 Å². The van der Waals surface area contributed by atoms with E-state index < -0.39 is 35.5 Å². The van der Waals surface area contributed by atoms with Gasteiger partial charge in [0.05, 0.1) is 4.47 Å². The molecule has 104 valence electrons. The summed E-state index contributed by atoms with van der Waals surface area (Å²) in [5, 5.41) is 0. The van der Waals surface area contributed by atoms with Crippen LogP contribution in [0.15, 0.2) is 34.8 Å². The molecular formula is C14H7BrF4O. The van der Waals surface area contributed by atoms with E-state index in [4.69, 9.17) is 0 Å². The number of rotatable bonds is 3. The van der Waals surface area contributed by atoms with Gasteiger partial charge in [0.2, 0.25) is 0 Å². The third kappa shape index (κ3) is 2.90. The summed E-state index contributed by atoms with van der Waals surface area (Å²) < 4.78 is 52.4. The Hall–Kier alpha value is -1.69. The van der Waals surface area contributed by atoms with Crippen molar-refractivity contribution in [1.29, 1.82) is 0 Å². The highest BCUT2D eigenvalue weighted by Gasteiger charge is 2.18. The average molecular weight is 347 g/mol. The third-order valence-corrected chi connectivity index (χ3v) is 3.47. The van der Waals surface area contributed by atoms with Gasteiger partial charge in [-0.2, -0.15) is 0 Å². The van der Waals surface area contributed by atoms with E-state index in [0.717, 1.165) is 30.3 Å². The highest BCUT2D eigenvalue weighted by atomic mass is 79.9. The Morgan fingerprint density at radius 1 is 1.00 bits per heavy atom. The number of hydrogen-bond donors (Lipinski definition) is 0. The Bertz CT molecular complexity index is 685. The lowest BCUT2D eigenvalue weighted by Crippen LogP contribution is -2.08. The zero-order valence-corrected chi connectivity index (χ0v) is 11.5. The third-order valence-electron chi connectivity index (χ3n) is 2.69. The van der Waals surface area contributed by atoms with Crippen molar-refractivity contribution in [3.8, 4) is 0 Å². The van der Waals surface area contributed by atoms with Crippen molar-refractivity contribution in [2.24, 2.45) is 0 Å². The molecule has 2 rings (SSSR count). The van der Waals surface area contributed by atoms with Gasteiger partial charge in [0.1, 0.15) is 11.6 Å². The number of hydrogen-bond acceptors (Lipinski definition) is 1. The number of Topliss-reactive ketones (excluding diaryl/α,β-unsaturated/α-hetero) is 1. The van der Waals surface area contributed by atoms with Crippen LogP contribution in [0.5, 0.6) is 0 Å². The van der Waals surface area contributed by atoms with E-state index in [2.05, 4.69) is 15.9 Å². The monoisotopic (exact) mass is 346 g/mol. The molecule has 0 radical (unpaired) electrons. The largest absolute Gasteiger partial charge is 0.294 e. The fourth-order valence-corrected chi connectivity index (χ4v) is 2.23. The second-order valence-electron chi connectivity index (χ2n) is 4.06. The maximum absolute atomic E-state index is 13.4. The van der Waals surface area contributed by atoms with Crippen molar-refractivity contribution in [2.45, 2.75) is 6.42 Å². The summed E-state index contributed by atoms with van der Waals surface area (Å²) in [5.74, 6) is -4.38. The summed E-state index contributed by atoms with van der Waals surface area (Å²) in [5.41, 5.74) is -0.279. The predicted octanol–water partition coefficient (Wildman–Crippen LogP) is 4.43. The van der Waals surface area contributed by atoms with E-state index in [1.54, 1.807) is 0 Å². The summed E-state index contributed by atoms with van der Waals surface area (Å²) in [6.07, 6.45) is -0.451. The molecule has 2 aromatic rings. The van der Waals surface area contributed by atoms with Crippen molar-refractivity contribution in [2.75, 3.05) is 0 Å². The van der Waals surface area contributed by atoms with Crippen LogP contribution in [0.4, 0.5) is 17.6 Å². The fraction of sp³-hybridized carbons (Fsp3) is 0.0714. The number of carbonyl (C=O) groups is 1. The molecule has 0 N–H and O–H groups in total. The molecule has 0 aromatic heterocycles. The van der Waals surface area contributed by atoms with Gasteiger partial charge in [-0.15, -0.1) is 0 Å². The Morgan fingerprint density at radius 3 is 2.35 bits per heavy atom. The number of ketones is 1. The van der Waals surface area contributed by atoms with E-state index in [1.807, 2.05) is 0 Å². The first-order chi connectivity index (χ1) is 9.40. The molecule has 0 saturated heterocycles. The lowest BCUT2D eigenvalue weighted by Gasteiger charge is -2.06. The first-order valence-electron chi connectivity index (χ1n) is 5.50. The van der Waals surface area contributed by atoms with Crippen molar-refractivity contribution >= 4 is 21.7 Å². The van der Waals surface area contributed by atoms with Gasteiger partial charge >= 0.3 is 0 Å². The van der Waals surface area contributed by atoms with Gasteiger partial charge in [-0.1, -0.05) is 0 Å². The van der Waals surface area contributed by atoms with Crippen LogP contribution in [0.3, 0.4) is 0 Å². The molecule has 0 amide bonds. The Kier molecular flexibility index (Phi) is 4.23. The van der Waals surface area contributed by atoms with Crippen molar-refractivity contribution < 1.29 is 22.4 Å². The summed E-state index contributed by atoms with van der Waals surface area (Å²) in [4.78, 5) is 12.0. The normalized spacial score (nSPS) is 10.7. The molecule has 0 spiro atoms. The van der Waals surface area contributed by atoms with E-state index in [9.17, 15) is 22.4 Å².